The maximum absolute atomic E-state index is 12.0. The highest BCUT2D eigenvalue weighted by Gasteiger charge is 2.35. The molecule has 0 saturated heterocycles. The van der Waals surface area contributed by atoms with Crippen molar-refractivity contribution in [3.8, 4) is 0 Å². The van der Waals surface area contributed by atoms with Crippen molar-refractivity contribution in [3.05, 3.63) is 0 Å². The highest BCUT2D eigenvalue weighted by molar-refractivity contribution is 5.78. The molecule has 110 valence electrons. The summed E-state index contributed by atoms with van der Waals surface area (Å²) in [7, 11) is 0. The van der Waals surface area contributed by atoms with Crippen LogP contribution >= 0.6 is 0 Å². The fraction of sp³-hybridized carbons (Fsp3) is 0.857. The third-order valence-corrected chi connectivity index (χ3v) is 3.75. The molecule has 0 spiro atoms. The zero-order valence-electron chi connectivity index (χ0n) is 12.0. The van der Waals surface area contributed by atoms with E-state index in [-0.39, 0.29) is 18.4 Å². The summed E-state index contributed by atoms with van der Waals surface area (Å²) in [5.41, 5.74) is -0.521. The first-order chi connectivity index (χ1) is 8.97. The quantitative estimate of drug-likeness (QED) is 0.657. The van der Waals surface area contributed by atoms with Gasteiger partial charge < -0.3 is 15.7 Å². The van der Waals surface area contributed by atoms with Gasteiger partial charge in [0, 0.05) is 12.5 Å². The number of hydrogen-bond acceptors (Lipinski definition) is 3. The normalized spacial score (nSPS) is 19.7. The molecule has 1 unspecified atom stereocenters. The monoisotopic (exact) mass is 270 g/mol. The minimum atomic E-state index is -0.832. The number of nitrogens with one attached hydrogen (secondary N) is 2. The molecular formula is C14H26N2O3. The molecule has 0 radical (unpaired) electrons. The molecular weight excluding hydrogens is 244 g/mol. The SMILES string of the molecule is CCNC(C)CC(=O)NC1(CC(=O)O)CCCCC1. The Balaban J connectivity index is 2.56. The molecule has 0 heterocycles. The Morgan fingerprint density at radius 2 is 1.89 bits per heavy atom. The summed E-state index contributed by atoms with van der Waals surface area (Å²) in [5, 5.41) is 15.2. The minimum absolute atomic E-state index is 0.0360. The second-order valence-electron chi connectivity index (χ2n) is 5.62. The molecule has 1 aliphatic carbocycles. The van der Waals surface area contributed by atoms with Gasteiger partial charge in [0.2, 0.25) is 5.91 Å². The van der Waals surface area contributed by atoms with E-state index in [0.717, 1.165) is 38.6 Å². The van der Waals surface area contributed by atoms with Gasteiger partial charge in [-0.3, -0.25) is 9.59 Å². The van der Waals surface area contributed by atoms with Crippen molar-refractivity contribution >= 4 is 11.9 Å². The van der Waals surface area contributed by atoms with E-state index in [9.17, 15) is 9.59 Å². The Hall–Kier alpha value is -1.10. The summed E-state index contributed by atoms with van der Waals surface area (Å²) in [6.45, 7) is 4.80. The van der Waals surface area contributed by atoms with Gasteiger partial charge in [-0.2, -0.15) is 0 Å². The van der Waals surface area contributed by atoms with Crippen LogP contribution in [0.15, 0.2) is 0 Å². The molecule has 19 heavy (non-hydrogen) atoms. The van der Waals surface area contributed by atoms with Crippen molar-refractivity contribution < 1.29 is 14.7 Å². The van der Waals surface area contributed by atoms with Gasteiger partial charge in [-0.25, -0.2) is 0 Å². The lowest BCUT2D eigenvalue weighted by Gasteiger charge is -2.37. The fourth-order valence-electron chi connectivity index (χ4n) is 2.91. The Kier molecular flexibility index (Phi) is 6.28. The Morgan fingerprint density at radius 3 is 2.42 bits per heavy atom. The highest BCUT2D eigenvalue weighted by atomic mass is 16.4. The first-order valence-corrected chi connectivity index (χ1v) is 7.23. The van der Waals surface area contributed by atoms with E-state index in [2.05, 4.69) is 10.6 Å². The third kappa shape index (κ3) is 5.59. The van der Waals surface area contributed by atoms with Gasteiger partial charge in [0.25, 0.3) is 0 Å². The number of carbonyl (C=O) groups excluding carboxylic acids is 1. The van der Waals surface area contributed by atoms with Gasteiger partial charge in [0.05, 0.1) is 12.0 Å². The second kappa shape index (κ2) is 7.48. The molecule has 1 fully saturated rings. The van der Waals surface area contributed by atoms with Gasteiger partial charge in [-0.15, -0.1) is 0 Å². The van der Waals surface area contributed by atoms with Crippen molar-refractivity contribution in [2.75, 3.05) is 6.54 Å². The zero-order chi connectivity index (χ0) is 14.3. The molecule has 0 aromatic carbocycles. The van der Waals surface area contributed by atoms with Crippen LogP contribution in [-0.4, -0.2) is 35.1 Å². The molecule has 1 aliphatic rings. The van der Waals surface area contributed by atoms with E-state index < -0.39 is 11.5 Å². The number of carboxylic acids is 1. The summed E-state index contributed by atoms with van der Waals surface area (Å²) in [5.74, 6) is -0.876. The number of carboxylic acid groups (broad SMARTS) is 1. The van der Waals surface area contributed by atoms with Crippen molar-refractivity contribution in [1.29, 1.82) is 0 Å². The van der Waals surface area contributed by atoms with Gasteiger partial charge in [0.15, 0.2) is 0 Å². The first-order valence-electron chi connectivity index (χ1n) is 7.23. The van der Waals surface area contributed by atoms with E-state index in [1.165, 1.54) is 0 Å². The van der Waals surface area contributed by atoms with E-state index in [1.54, 1.807) is 0 Å². The van der Waals surface area contributed by atoms with Crippen LogP contribution in [0.25, 0.3) is 0 Å². The molecule has 5 nitrogen and oxygen atoms in total. The number of rotatable bonds is 7. The van der Waals surface area contributed by atoms with E-state index in [1.807, 2.05) is 13.8 Å². The molecule has 1 atom stereocenters. The number of amides is 1. The number of carbonyl (C=O) groups is 2. The third-order valence-electron chi connectivity index (χ3n) is 3.75. The summed E-state index contributed by atoms with van der Waals surface area (Å²) in [4.78, 5) is 23.1. The summed E-state index contributed by atoms with van der Waals surface area (Å²) < 4.78 is 0. The second-order valence-corrected chi connectivity index (χ2v) is 5.62. The number of aliphatic carboxylic acids is 1. The van der Waals surface area contributed by atoms with Gasteiger partial charge in [-0.1, -0.05) is 26.2 Å². The van der Waals surface area contributed by atoms with Crippen LogP contribution < -0.4 is 10.6 Å². The van der Waals surface area contributed by atoms with Crippen LogP contribution in [0.4, 0.5) is 0 Å². The predicted molar refractivity (Wildman–Crippen MR) is 74.0 cm³/mol. The lowest BCUT2D eigenvalue weighted by Crippen LogP contribution is -2.52. The summed E-state index contributed by atoms with van der Waals surface area (Å²) >= 11 is 0. The Bertz CT molecular complexity index is 312. The highest BCUT2D eigenvalue weighted by Crippen LogP contribution is 2.31. The minimum Gasteiger partial charge on any atom is -0.481 e. The Labute approximate surface area is 115 Å². The average Bonchev–Trinajstić information content (AvgIpc) is 2.28. The molecule has 1 rings (SSSR count). The molecule has 1 amide bonds. The van der Waals surface area contributed by atoms with E-state index >= 15 is 0 Å². The zero-order valence-corrected chi connectivity index (χ0v) is 12.0. The molecule has 0 bridgehead atoms. The molecule has 3 N–H and O–H groups in total. The first kappa shape index (κ1) is 16.0. The van der Waals surface area contributed by atoms with Crippen molar-refractivity contribution in [1.82, 2.24) is 10.6 Å². The Morgan fingerprint density at radius 1 is 1.26 bits per heavy atom. The smallest absolute Gasteiger partial charge is 0.305 e. The predicted octanol–water partition coefficient (Wildman–Crippen LogP) is 1.67. The topological polar surface area (TPSA) is 78.4 Å². The van der Waals surface area contributed by atoms with Crippen LogP contribution in [0.3, 0.4) is 0 Å². The molecule has 0 aliphatic heterocycles. The largest absolute Gasteiger partial charge is 0.481 e. The van der Waals surface area contributed by atoms with Crippen LogP contribution in [0.1, 0.15) is 58.8 Å². The summed E-state index contributed by atoms with van der Waals surface area (Å²) in [6, 6.07) is 0.121. The lowest BCUT2D eigenvalue weighted by molar-refractivity contribution is -0.139. The van der Waals surface area contributed by atoms with Crippen molar-refractivity contribution in [2.24, 2.45) is 0 Å². The average molecular weight is 270 g/mol. The maximum Gasteiger partial charge on any atom is 0.305 e. The van der Waals surface area contributed by atoms with Gasteiger partial charge >= 0.3 is 5.97 Å². The van der Waals surface area contributed by atoms with E-state index in [0.29, 0.717) is 6.42 Å². The fourth-order valence-corrected chi connectivity index (χ4v) is 2.91. The van der Waals surface area contributed by atoms with Crippen molar-refractivity contribution in [2.45, 2.75) is 70.4 Å². The molecule has 0 aromatic rings. The molecule has 1 saturated carbocycles. The number of hydrogen-bond donors (Lipinski definition) is 3. The van der Waals surface area contributed by atoms with E-state index in [4.69, 9.17) is 5.11 Å². The molecule has 5 heteroatoms. The van der Waals surface area contributed by atoms with Crippen LogP contribution in [0.5, 0.6) is 0 Å². The summed E-state index contributed by atoms with van der Waals surface area (Å²) in [6.07, 6.45) is 5.11. The molecule has 0 aromatic heterocycles. The lowest BCUT2D eigenvalue weighted by atomic mass is 9.79. The van der Waals surface area contributed by atoms with Gasteiger partial charge in [0.1, 0.15) is 0 Å². The van der Waals surface area contributed by atoms with Crippen LogP contribution in [-0.2, 0) is 9.59 Å². The van der Waals surface area contributed by atoms with Gasteiger partial charge in [-0.05, 0) is 26.3 Å². The van der Waals surface area contributed by atoms with Crippen LogP contribution in [0.2, 0.25) is 0 Å². The standard InChI is InChI=1S/C14H26N2O3/c1-3-15-11(2)9-12(17)16-14(10-13(18)19)7-5-4-6-8-14/h11,15H,3-10H2,1-2H3,(H,16,17)(H,18,19). The maximum atomic E-state index is 12.0. The van der Waals surface area contributed by atoms with Crippen molar-refractivity contribution in [3.63, 3.8) is 0 Å². The van der Waals surface area contributed by atoms with Crippen LogP contribution in [0, 0.1) is 0 Å².